The van der Waals surface area contributed by atoms with Crippen molar-refractivity contribution in [2.45, 2.75) is 19.8 Å². The summed E-state index contributed by atoms with van der Waals surface area (Å²) < 4.78 is 13.5. The van der Waals surface area contributed by atoms with Crippen LogP contribution in [-0.2, 0) is 0 Å². The molecule has 0 bridgehead atoms. The molecule has 0 saturated heterocycles. The molecule has 0 unspecified atom stereocenters. The van der Waals surface area contributed by atoms with Gasteiger partial charge in [-0.1, -0.05) is 6.92 Å². The average molecular weight is 255 g/mol. The van der Waals surface area contributed by atoms with Crippen LogP contribution in [0.3, 0.4) is 0 Å². The van der Waals surface area contributed by atoms with Gasteiger partial charge in [0.1, 0.15) is 0 Å². The van der Waals surface area contributed by atoms with E-state index in [0.29, 0.717) is 12.5 Å². The summed E-state index contributed by atoms with van der Waals surface area (Å²) in [7, 11) is 4.02. The highest BCUT2D eigenvalue weighted by Crippen LogP contribution is 2.11. The molecule has 5 nitrogen and oxygen atoms in total. The topological polar surface area (TPSA) is 53.1 Å². The van der Waals surface area contributed by atoms with Crippen LogP contribution in [0.5, 0.6) is 0 Å². The lowest BCUT2D eigenvalue weighted by Crippen LogP contribution is -2.17. The van der Waals surface area contributed by atoms with Crippen molar-refractivity contribution >= 4 is 11.8 Å². The Morgan fingerprint density at radius 2 is 2.06 bits per heavy atom. The number of nitrogens with zero attached hydrogens (tertiary/aromatic N) is 3. The van der Waals surface area contributed by atoms with Crippen LogP contribution in [-0.4, -0.2) is 48.6 Å². The highest BCUT2D eigenvalue weighted by molar-refractivity contribution is 5.40. The van der Waals surface area contributed by atoms with Gasteiger partial charge in [0.25, 0.3) is 0 Å². The SMILES string of the molecule is CCCNc1ncc(F)c(NCCCN(C)C)n1. The molecule has 18 heavy (non-hydrogen) atoms. The molecule has 1 heterocycles. The molecule has 0 aliphatic carbocycles. The summed E-state index contributed by atoms with van der Waals surface area (Å²) in [6.45, 7) is 4.49. The molecule has 0 fully saturated rings. The second-order valence-electron chi connectivity index (χ2n) is 4.40. The zero-order valence-electron chi connectivity index (χ0n) is 11.3. The van der Waals surface area contributed by atoms with Crippen LogP contribution >= 0.6 is 0 Å². The summed E-state index contributed by atoms with van der Waals surface area (Å²) in [6.07, 6.45) is 3.11. The lowest BCUT2D eigenvalue weighted by Gasteiger charge is -2.11. The fourth-order valence-electron chi connectivity index (χ4n) is 1.42. The second-order valence-corrected chi connectivity index (χ2v) is 4.40. The quantitative estimate of drug-likeness (QED) is 0.694. The number of nitrogens with one attached hydrogen (secondary N) is 2. The molecule has 0 saturated carbocycles. The fraction of sp³-hybridized carbons (Fsp3) is 0.667. The Morgan fingerprint density at radius 1 is 1.28 bits per heavy atom. The van der Waals surface area contributed by atoms with E-state index < -0.39 is 5.82 Å². The first-order chi connectivity index (χ1) is 8.63. The molecule has 102 valence electrons. The van der Waals surface area contributed by atoms with E-state index in [1.165, 1.54) is 6.20 Å². The Labute approximate surface area is 108 Å². The van der Waals surface area contributed by atoms with Crippen LogP contribution < -0.4 is 10.6 Å². The number of hydrogen-bond acceptors (Lipinski definition) is 5. The van der Waals surface area contributed by atoms with E-state index in [9.17, 15) is 4.39 Å². The maximum atomic E-state index is 13.5. The summed E-state index contributed by atoms with van der Waals surface area (Å²) in [5, 5.41) is 6.03. The maximum absolute atomic E-state index is 13.5. The van der Waals surface area contributed by atoms with Crippen molar-refractivity contribution in [2.24, 2.45) is 0 Å². The molecular formula is C12H22FN5. The van der Waals surface area contributed by atoms with E-state index in [0.717, 1.165) is 25.9 Å². The minimum atomic E-state index is -0.415. The van der Waals surface area contributed by atoms with Crippen LogP contribution in [0.2, 0.25) is 0 Å². The van der Waals surface area contributed by atoms with Crippen LogP contribution in [0.25, 0.3) is 0 Å². The predicted molar refractivity (Wildman–Crippen MR) is 72.4 cm³/mol. The monoisotopic (exact) mass is 255 g/mol. The van der Waals surface area contributed by atoms with Gasteiger partial charge in [-0.15, -0.1) is 0 Å². The standard InChI is InChI=1S/C12H22FN5/c1-4-6-15-12-16-9-10(13)11(17-12)14-7-5-8-18(2)3/h9H,4-8H2,1-3H3,(H2,14,15,16,17). The van der Waals surface area contributed by atoms with Gasteiger partial charge in [-0.25, -0.2) is 9.37 Å². The van der Waals surface area contributed by atoms with Gasteiger partial charge >= 0.3 is 0 Å². The van der Waals surface area contributed by atoms with Crippen LogP contribution in [0.1, 0.15) is 19.8 Å². The summed E-state index contributed by atoms with van der Waals surface area (Å²) in [5.41, 5.74) is 0. The number of rotatable bonds is 8. The van der Waals surface area contributed by atoms with E-state index in [1.54, 1.807) is 0 Å². The minimum absolute atomic E-state index is 0.266. The van der Waals surface area contributed by atoms with Gasteiger partial charge in [0.15, 0.2) is 11.6 Å². The minimum Gasteiger partial charge on any atom is -0.367 e. The number of halogens is 1. The molecule has 1 aromatic heterocycles. The molecule has 6 heteroatoms. The molecule has 0 spiro atoms. The Morgan fingerprint density at radius 3 is 2.72 bits per heavy atom. The molecule has 0 aliphatic heterocycles. The fourth-order valence-corrected chi connectivity index (χ4v) is 1.42. The molecule has 0 aromatic carbocycles. The third kappa shape index (κ3) is 5.27. The number of aromatic nitrogens is 2. The third-order valence-corrected chi connectivity index (χ3v) is 2.35. The van der Waals surface area contributed by atoms with E-state index in [4.69, 9.17) is 0 Å². The smallest absolute Gasteiger partial charge is 0.224 e. The average Bonchev–Trinajstić information content (AvgIpc) is 2.34. The molecule has 0 radical (unpaired) electrons. The Balaban J connectivity index is 2.47. The summed E-state index contributed by atoms with van der Waals surface area (Å²) in [6, 6.07) is 0. The lowest BCUT2D eigenvalue weighted by molar-refractivity contribution is 0.405. The summed E-state index contributed by atoms with van der Waals surface area (Å²) in [4.78, 5) is 10.1. The van der Waals surface area contributed by atoms with Crippen LogP contribution in [0, 0.1) is 5.82 Å². The Hall–Kier alpha value is -1.43. The predicted octanol–water partition coefficient (Wildman–Crippen LogP) is 1.80. The van der Waals surface area contributed by atoms with E-state index >= 15 is 0 Å². The van der Waals surface area contributed by atoms with Crippen molar-refractivity contribution < 1.29 is 4.39 Å². The van der Waals surface area contributed by atoms with Crippen molar-refractivity contribution in [2.75, 3.05) is 44.4 Å². The summed E-state index contributed by atoms with van der Waals surface area (Å²) in [5.74, 6) is 0.317. The number of hydrogen-bond donors (Lipinski definition) is 2. The molecule has 1 aromatic rings. The van der Waals surface area contributed by atoms with Gasteiger partial charge in [-0.3, -0.25) is 0 Å². The molecule has 0 atom stereocenters. The Kier molecular flexibility index (Phi) is 6.35. The number of anilines is 2. The normalized spacial score (nSPS) is 10.7. The van der Waals surface area contributed by atoms with E-state index in [2.05, 4.69) is 32.4 Å². The van der Waals surface area contributed by atoms with Crippen LogP contribution in [0.15, 0.2) is 6.20 Å². The van der Waals surface area contributed by atoms with Gasteiger partial charge in [-0.05, 0) is 33.5 Å². The highest BCUT2D eigenvalue weighted by Gasteiger charge is 2.05. The first kappa shape index (κ1) is 14.6. The third-order valence-electron chi connectivity index (χ3n) is 2.35. The van der Waals surface area contributed by atoms with Crippen LogP contribution in [0.4, 0.5) is 16.2 Å². The van der Waals surface area contributed by atoms with Crippen molar-refractivity contribution in [1.82, 2.24) is 14.9 Å². The molecule has 2 N–H and O–H groups in total. The van der Waals surface area contributed by atoms with Crippen molar-refractivity contribution in [1.29, 1.82) is 0 Å². The van der Waals surface area contributed by atoms with Gasteiger partial charge < -0.3 is 15.5 Å². The highest BCUT2D eigenvalue weighted by atomic mass is 19.1. The lowest BCUT2D eigenvalue weighted by atomic mass is 10.4. The molecular weight excluding hydrogens is 233 g/mol. The van der Waals surface area contributed by atoms with Crippen molar-refractivity contribution in [3.63, 3.8) is 0 Å². The summed E-state index contributed by atoms with van der Waals surface area (Å²) >= 11 is 0. The van der Waals surface area contributed by atoms with E-state index in [1.807, 2.05) is 14.1 Å². The first-order valence-corrected chi connectivity index (χ1v) is 6.28. The molecule has 0 amide bonds. The largest absolute Gasteiger partial charge is 0.367 e. The zero-order chi connectivity index (χ0) is 13.4. The van der Waals surface area contributed by atoms with Crippen molar-refractivity contribution in [3.05, 3.63) is 12.0 Å². The second kappa shape index (κ2) is 7.81. The van der Waals surface area contributed by atoms with Gasteiger partial charge in [-0.2, -0.15) is 4.98 Å². The zero-order valence-corrected chi connectivity index (χ0v) is 11.3. The van der Waals surface area contributed by atoms with Gasteiger partial charge in [0.05, 0.1) is 6.20 Å². The van der Waals surface area contributed by atoms with Crippen molar-refractivity contribution in [3.8, 4) is 0 Å². The van der Waals surface area contributed by atoms with E-state index in [-0.39, 0.29) is 5.82 Å². The molecule has 1 rings (SSSR count). The maximum Gasteiger partial charge on any atom is 0.224 e. The van der Waals surface area contributed by atoms with Gasteiger partial charge in [0.2, 0.25) is 5.95 Å². The first-order valence-electron chi connectivity index (χ1n) is 6.28. The van der Waals surface area contributed by atoms with Gasteiger partial charge in [0, 0.05) is 13.1 Å². The Bertz CT molecular complexity index is 356. The molecule has 0 aliphatic rings.